The Balaban J connectivity index is 2.50. The van der Waals surface area contributed by atoms with E-state index < -0.39 is 11.4 Å². The highest BCUT2D eigenvalue weighted by atomic mass is 16.4. The lowest BCUT2D eigenvalue weighted by Gasteiger charge is -2.25. The molecule has 19 heavy (non-hydrogen) atoms. The number of nitrogens with zero attached hydrogens (tertiary/aromatic N) is 2. The first kappa shape index (κ1) is 15.8. The molecule has 1 rings (SSSR count). The van der Waals surface area contributed by atoms with Crippen LogP contribution in [0.2, 0.25) is 0 Å². The van der Waals surface area contributed by atoms with Crippen LogP contribution in [0.25, 0.3) is 0 Å². The quantitative estimate of drug-likeness (QED) is 0.777. The molecule has 0 aromatic carbocycles. The van der Waals surface area contributed by atoms with E-state index in [2.05, 4.69) is 5.32 Å². The molecule has 6 nitrogen and oxygen atoms in total. The molecule has 0 aliphatic carbocycles. The second kappa shape index (κ2) is 6.23. The van der Waals surface area contributed by atoms with Crippen LogP contribution >= 0.6 is 0 Å². The average molecular weight is 271 g/mol. The van der Waals surface area contributed by atoms with Gasteiger partial charge in [0, 0.05) is 25.7 Å². The van der Waals surface area contributed by atoms with Crippen molar-refractivity contribution in [2.75, 3.05) is 33.7 Å². The second-order valence-electron chi connectivity index (χ2n) is 5.61. The van der Waals surface area contributed by atoms with Gasteiger partial charge in [0.1, 0.15) is 0 Å². The number of hydrogen-bond donors (Lipinski definition) is 2. The van der Waals surface area contributed by atoms with Gasteiger partial charge in [0.2, 0.25) is 0 Å². The van der Waals surface area contributed by atoms with Crippen molar-refractivity contribution in [3.05, 3.63) is 0 Å². The van der Waals surface area contributed by atoms with E-state index in [4.69, 9.17) is 0 Å². The highest BCUT2D eigenvalue weighted by Crippen LogP contribution is 2.34. The third-order valence-electron chi connectivity index (χ3n) is 4.20. The van der Waals surface area contributed by atoms with Crippen LogP contribution < -0.4 is 5.32 Å². The summed E-state index contributed by atoms with van der Waals surface area (Å²) in [5.41, 5.74) is -0.759. The maximum Gasteiger partial charge on any atom is 0.317 e. The van der Waals surface area contributed by atoms with Crippen LogP contribution in [0.3, 0.4) is 0 Å². The van der Waals surface area contributed by atoms with Gasteiger partial charge in [-0.15, -0.1) is 0 Å². The van der Waals surface area contributed by atoms with E-state index in [1.54, 1.807) is 4.90 Å². The zero-order valence-electron chi connectivity index (χ0n) is 12.3. The molecule has 1 heterocycles. The number of amides is 2. The van der Waals surface area contributed by atoms with Gasteiger partial charge in [0.25, 0.3) is 0 Å². The fourth-order valence-electron chi connectivity index (χ4n) is 2.19. The molecule has 6 heteroatoms. The Labute approximate surface area is 114 Å². The van der Waals surface area contributed by atoms with Gasteiger partial charge in [-0.05, 0) is 33.9 Å². The number of carboxylic acid groups (broad SMARTS) is 1. The number of carbonyl (C=O) groups excluding carboxylic acids is 1. The highest BCUT2D eigenvalue weighted by Gasteiger charge is 2.44. The van der Waals surface area contributed by atoms with Crippen LogP contribution in [0.5, 0.6) is 0 Å². The molecule has 2 amide bonds. The summed E-state index contributed by atoms with van der Waals surface area (Å²) in [6.45, 7) is 5.28. The van der Waals surface area contributed by atoms with Crippen molar-refractivity contribution in [2.45, 2.75) is 32.7 Å². The van der Waals surface area contributed by atoms with Gasteiger partial charge < -0.3 is 20.2 Å². The number of likely N-dealkylation sites (tertiary alicyclic amines) is 1. The normalized spacial score (nSPS) is 24.6. The number of rotatable bonds is 5. The smallest absolute Gasteiger partial charge is 0.317 e. The Hall–Kier alpha value is -1.30. The molecule has 2 unspecified atom stereocenters. The van der Waals surface area contributed by atoms with Gasteiger partial charge in [-0.3, -0.25) is 4.79 Å². The third kappa shape index (κ3) is 3.59. The average Bonchev–Trinajstić information content (AvgIpc) is 2.81. The third-order valence-corrected chi connectivity index (χ3v) is 4.20. The van der Waals surface area contributed by atoms with Gasteiger partial charge in [-0.1, -0.05) is 6.92 Å². The molecule has 110 valence electrons. The lowest BCUT2D eigenvalue weighted by Crippen LogP contribution is -2.45. The summed E-state index contributed by atoms with van der Waals surface area (Å²) in [6, 6.07) is 0.0900. The van der Waals surface area contributed by atoms with Gasteiger partial charge in [0.05, 0.1) is 5.41 Å². The molecule has 2 atom stereocenters. The first-order valence-electron chi connectivity index (χ1n) is 6.75. The summed E-state index contributed by atoms with van der Waals surface area (Å²) >= 11 is 0. The zero-order chi connectivity index (χ0) is 14.6. The van der Waals surface area contributed by atoms with Crippen LogP contribution in [0.4, 0.5) is 4.79 Å². The number of likely N-dealkylation sites (N-methyl/N-ethyl adjacent to an activating group) is 1. The SMILES string of the molecule is CCC1(C(=O)O)CCN(C(=O)NCC(C)N(C)C)C1. The van der Waals surface area contributed by atoms with Gasteiger partial charge >= 0.3 is 12.0 Å². The van der Waals surface area contributed by atoms with Crippen LogP contribution in [0, 0.1) is 5.41 Å². The predicted molar refractivity (Wildman–Crippen MR) is 73.1 cm³/mol. The van der Waals surface area contributed by atoms with Gasteiger partial charge in [-0.25, -0.2) is 4.79 Å². The standard InChI is InChI=1S/C13H25N3O3/c1-5-13(11(17)18)6-7-16(9-13)12(19)14-8-10(2)15(3)4/h10H,5-9H2,1-4H3,(H,14,19)(H,17,18). The van der Waals surface area contributed by atoms with E-state index in [1.165, 1.54) is 0 Å². The number of carboxylic acids is 1. The van der Waals surface area contributed by atoms with Gasteiger partial charge in [-0.2, -0.15) is 0 Å². The number of hydrogen-bond acceptors (Lipinski definition) is 3. The van der Waals surface area contributed by atoms with E-state index in [0.717, 1.165) is 0 Å². The number of aliphatic carboxylic acids is 1. The fourth-order valence-corrected chi connectivity index (χ4v) is 2.19. The number of urea groups is 1. The lowest BCUT2D eigenvalue weighted by molar-refractivity contribution is -0.148. The number of nitrogens with one attached hydrogen (secondary N) is 1. The Morgan fingerprint density at radius 3 is 2.53 bits per heavy atom. The van der Waals surface area contributed by atoms with E-state index in [1.807, 2.05) is 32.8 Å². The largest absolute Gasteiger partial charge is 0.481 e. The van der Waals surface area contributed by atoms with E-state index >= 15 is 0 Å². The minimum Gasteiger partial charge on any atom is -0.481 e. The van der Waals surface area contributed by atoms with Crippen LogP contribution in [0.1, 0.15) is 26.7 Å². The molecule has 0 spiro atoms. The van der Waals surface area contributed by atoms with Crippen molar-refractivity contribution in [2.24, 2.45) is 5.41 Å². The molecule has 1 fully saturated rings. The predicted octanol–water partition coefficient (Wildman–Crippen LogP) is 0.833. The van der Waals surface area contributed by atoms with Crippen LogP contribution in [-0.4, -0.2) is 66.7 Å². The Kier molecular flexibility index (Phi) is 5.17. The first-order chi connectivity index (χ1) is 8.82. The maximum absolute atomic E-state index is 12.0. The molecule has 1 saturated heterocycles. The Morgan fingerprint density at radius 2 is 2.11 bits per heavy atom. The van der Waals surface area contributed by atoms with E-state index in [9.17, 15) is 14.7 Å². The summed E-state index contributed by atoms with van der Waals surface area (Å²) in [5.74, 6) is -0.799. The minimum absolute atomic E-state index is 0.162. The zero-order valence-corrected chi connectivity index (χ0v) is 12.3. The molecule has 0 aromatic rings. The monoisotopic (exact) mass is 271 g/mol. The molecular weight excluding hydrogens is 246 g/mol. The van der Waals surface area contributed by atoms with Crippen molar-refractivity contribution in [1.29, 1.82) is 0 Å². The molecule has 1 aliphatic heterocycles. The molecule has 2 N–H and O–H groups in total. The summed E-state index contributed by atoms with van der Waals surface area (Å²) in [6.07, 6.45) is 1.09. The first-order valence-corrected chi connectivity index (χ1v) is 6.75. The summed E-state index contributed by atoms with van der Waals surface area (Å²) in [5, 5.41) is 12.1. The van der Waals surface area contributed by atoms with Crippen LogP contribution in [0.15, 0.2) is 0 Å². The van der Waals surface area contributed by atoms with E-state index in [0.29, 0.717) is 32.5 Å². The summed E-state index contributed by atoms with van der Waals surface area (Å²) in [7, 11) is 3.92. The van der Waals surface area contributed by atoms with Gasteiger partial charge in [0.15, 0.2) is 0 Å². The maximum atomic E-state index is 12.0. The number of carbonyl (C=O) groups is 2. The molecule has 0 aromatic heterocycles. The molecule has 0 bridgehead atoms. The summed E-state index contributed by atoms with van der Waals surface area (Å²) in [4.78, 5) is 27.0. The van der Waals surface area contributed by atoms with Crippen molar-refractivity contribution < 1.29 is 14.7 Å². The Bertz CT molecular complexity index is 346. The molecule has 0 radical (unpaired) electrons. The molecular formula is C13H25N3O3. The fraction of sp³-hybridized carbons (Fsp3) is 0.846. The van der Waals surface area contributed by atoms with Crippen molar-refractivity contribution in [3.63, 3.8) is 0 Å². The lowest BCUT2D eigenvalue weighted by atomic mass is 9.84. The Morgan fingerprint density at radius 1 is 1.47 bits per heavy atom. The van der Waals surface area contributed by atoms with Crippen molar-refractivity contribution in [3.8, 4) is 0 Å². The highest BCUT2D eigenvalue weighted by molar-refractivity contribution is 5.79. The summed E-state index contributed by atoms with van der Waals surface area (Å²) < 4.78 is 0. The topological polar surface area (TPSA) is 72.9 Å². The second-order valence-corrected chi connectivity index (χ2v) is 5.61. The van der Waals surface area contributed by atoms with Crippen molar-refractivity contribution in [1.82, 2.24) is 15.1 Å². The van der Waals surface area contributed by atoms with Crippen molar-refractivity contribution >= 4 is 12.0 Å². The molecule has 1 aliphatic rings. The van der Waals surface area contributed by atoms with E-state index in [-0.39, 0.29) is 12.1 Å². The van der Waals surface area contributed by atoms with Crippen LogP contribution in [-0.2, 0) is 4.79 Å². The minimum atomic E-state index is -0.799. The molecule has 0 saturated carbocycles.